The predicted molar refractivity (Wildman–Crippen MR) is 106 cm³/mol. The minimum absolute atomic E-state index is 0.0743. The van der Waals surface area contributed by atoms with Gasteiger partial charge in [0, 0.05) is 12.5 Å². The molecule has 0 aromatic heterocycles. The van der Waals surface area contributed by atoms with Crippen molar-refractivity contribution in [2.24, 2.45) is 39.9 Å². The van der Waals surface area contributed by atoms with E-state index in [-0.39, 0.29) is 16.7 Å². The molecule has 2 saturated carbocycles. The quantitative estimate of drug-likeness (QED) is 0.669. The van der Waals surface area contributed by atoms with Crippen molar-refractivity contribution in [1.29, 1.82) is 0 Å². The number of ether oxygens (including phenoxy) is 1. The fraction of sp³-hybridized carbons (Fsp3) is 0.833. The topological polar surface area (TPSA) is 49.7 Å². The molecule has 0 bridgehead atoms. The van der Waals surface area contributed by atoms with E-state index in [2.05, 4.69) is 32.9 Å². The molecule has 2 N–H and O–H groups in total. The standard InChI is InChI=1S/C24H36O3/c1-22(14-25)10-4-11-23(2)18-9-12-24(3)17(16(18)6-8-19(22)23)7-5-15-13-27-21(26)20(15)24/h5-6,17-21,25-26H,4,7-14H2,1-3H3/t17-,18-,19-,20+,21+,22+,23+,24-/m0/s1. The van der Waals surface area contributed by atoms with E-state index < -0.39 is 6.29 Å². The molecule has 0 radical (unpaired) electrons. The normalized spacial score (nSPS) is 54.2. The average molecular weight is 373 g/mol. The fourth-order valence-corrected chi connectivity index (χ4v) is 8.38. The monoisotopic (exact) mass is 372 g/mol. The highest BCUT2D eigenvalue weighted by atomic mass is 16.6. The Morgan fingerprint density at radius 1 is 1.04 bits per heavy atom. The van der Waals surface area contributed by atoms with Crippen molar-refractivity contribution in [2.75, 3.05) is 13.2 Å². The van der Waals surface area contributed by atoms with Crippen LogP contribution >= 0.6 is 0 Å². The van der Waals surface area contributed by atoms with Crippen molar-refractivity contribution in [3.8, 4) is 0 Å². The van der Waals surface area contributed by atoms with Crippen LogP contribution in [0.4, 0.5) is 0 Å². The third kappa shape index (κ3) is 2.31. The van der Waals surface area contributed by atoms with Gasteiger partial charge in [0.25, 0.3) is 0 Å². The first-order valence-corrected chi connectivity index (χ1v) is 11.1. The van der Waals surface area contributed by atoms with Gasteiger partial charge in [0.1, 0.15) is 0 Å². The summed E-state index contributed by atoms with van der Waals surface area (Å²) in [6.07, 6.45) is 12.7. The van der Waals surface area contributed by atoms with Gasteiger partial charge in [0.05, 0.1) is 6.61 Å². The van der Waals surface area contributed by atoms with Gasteiger partial charge in [0.15, 0.2) is 6.29 Å². The van der Waals surface area contributed by atoms with Crippen LogP contribution in [0.3, 0.4) is 0 Å². The molecule has 3 nitrogen and oxygen atoms in total. The van der Waals surface area contributed by atoms with Crippen LogP contribution in [-0.2, 0) is 4.74 Å². The zero-order valence-corrected chi connectivity index (χ0v) is 17.2. The Balaban J connectivity index is 1.54. The summed E-state index contributed by atoms with van der Waals surface area (Å²) in [5, 5.41) is 20.7. The molecule has 8 atom stereocenters. The molecule has 1 saturated heterocycles. The molecule has 5 aliphatic rings. The summed E-state index contributed by atoms with van der Waals surface area (Å²) in [6.45, 7) is 8.20. The van der Waals surface area contributed by atoms with E-state index >= 15 is 0 Å². The van der Waals surface area contributed by atoms with Gasteiger partial charge in [-0.3, -0.25) is 0 Å². The van der Waals surface area contributed by atoms with E-state index in [1.54, 1.807) is 5.57 Å². The van der Waals surface area contributed by atoms with Crippen LogP contribution in [0.25, 0.3) is 0 Å². The molecular formula is C24H36O3. The Bertz CT molecular complexity index is 696. The number of allylic oxidation sites excluding steroid dienone is 3. The van der Waals surface area contributed by atoms with Crippen molar-refractivity contribution in [3.05, 3.63) is 23.3 Å². The Labute approximate surface area is 163 Å². The number of aliphatic hydroxyl groups excluding tert-OH is 2. The van der Waals surface area contributed by atoms with Gasteiger partial charge in [-0.1, -0.05) is 44.9 Å². The highest BCUT2D eigenvalue weighted by Gasteiger charge is 2.60. The first-order chi connectivity index (χ1) is 12.8. The van der Waals surface area contributed by atoms with E-state index in [9.17, 15) is 10.2 Å². The molecule has 0 aromatic carbocycles. The highest BCUT2D eigenvalue weighted by molar-refractivity contribution is 5.33. The lowest BCUT2D eigenvalue weighted by Gasteiger charge is -2.62. The lowest BCUT2D eigenvalue weighted by Crippen LogP contribution is -2.55. The molecule has 4 aliphatic carbocycles. The minimum Gasteiger partial charge on any atom is -0.396 e. The Morgan fingerprint density at radius 3 is 2.63 bits per heavy atom. The summed E-state index contributed by atoms with van der Waals surface area (Å²) in [6, 6.07) is 0. The van der Waals surface area contributed by atoms with Gasteiger partial charge in [0.2, 0.25) is 0 Å². The number of hydrogen-bond donors (Lipinski definition) is 2. The molecular weight excluding hydrogens is 336 g/mol. The average Bonchev–Trinajstić information content (AvgIpc) is 3.03. The molecule has 0 spiro atoms. The van der Waals surface area contributed by atoms with Crippen molar-refractivity contribution in [1.82, 2.24) is 0 Å². The first-order valence-electron chi connectivity index (χ1n) is 11.1. The summed E-state index contributed by atoms with van der Waals surface area (Å²) in [5.74, 6) is 1.96. The molecule has 0 unspecified atom stereocenters. The summed E-state index contributed by atoms with van der Waals surface area (Å²) < 4.78 is 5.64. The Hall–Kier alpha value is -0.640. The summed E-state index contributed by atoms with van der Waals surface area (Å²) in [5.41, 5.74) is 3.53. The second kappa shape index (κ2) is 5.93. The van der Waals surface area contributed by atoms with Crippen LogP contribution in [0.15, 0.2) is 23.3 Å². The highest BCUT2D eigenvalue weighted by Crippen LogP contribution is 2.67. The van der Waals surface area contributed by atoms with Gasteiger partial charge < -0.3 is 14.9 Å². The maximum Gasteiger partial charge on any atom is 0.162 e. The van der Waals surface area contributed by atoms with E-state index in [4.69, 9.17) is 4.74 Å². The number of aliphatic hydroxyl groups is 2. The van der Waals surface area contributed by atoms with Crippen molar-refractivity contribution < 1.29 is 14.9 Å². The van der Waals surface area contributed by atoms with Gasteiger partial charge in [-0.25, -0.2) is 0 Å². The van der Waals surface area contributed by atoms with Crippen LogP contribution in [0.2, 0.25) is 0 Å². The second-order valence-corrected chi connectivity index (χ2v) is 11.0. The molecule has 1 heterocycles. The number of hydrogen-bond acceptors (Lipinski definition) is 3. The molecule has 1 aliphatic heterocycles. The summed E-state index contributed by atoms with van der Waals surface area (Å²) in [4.78, 5) is 0. The number of rotatable bonds is 1. The maximum atomic E-state index is 10.6. The third-order valence-electron chi connectivity index (χ3n) is 9.85. The zero-order valence-electron chi connectivity index (χ0n) is 17.2. The van der Waals surface area contributed by atoms with Crippen LogP contribution < -0.4 is 0 Å². The molecule has 27 heavy (non-hydrogen) atoms. The van der Waals surface area contributed by atoms with Crippen LogP contribution in [0, 0.1) is 39.9 Å². The molecule has 0 amide bonds. The third-order valence-corrected chi connectivity index (χ3v) is 9.85. The SMILES string of the molecule is C[C@]1(CO)CCC[C@]2(C)[C@H]3CC[C@]4(C)[C@@H]5C(=CC[C@H]4C3=CC[C@@H]12)CO[C@H]5O. The lowest BCUT2D eigenvalue weighted by molar-refractivity contribution is -0.131. The fourth-order valence-electron chi connectivity index (χ4n) is 8.38. The maximum absolute atomic E-state index is 10.6. The van der Waals surface area contributed by atoms with E-state index in [0.29, 0.717) is 36.4 Å². The predicted octanol–water partition coefficient (Wildman–Crippen LogP) is 4.45. The van der Waals surface area contributed by atoms with Crippen LogP contribution in [-0.4, -0.2) is 29.7 Å². The van der Waals surface area contributed by atoms with E-state index in [1.807, 2.05) is 0 Å². The summed E-state index contributed by atoms with van der Waals surface area (Å²) in [7, 11) is 0. The van der Waals surface area contributed by atoms with Crippen LogP contribution in [0.5, 0.6) is 0 Å². The second-order valence-electron chi connectivity index (χ2n) is 11.0. The van der Waals surface area contributed by atoms with Gasteiger partial charge in [-0.05, 0) is 78.1 Å². The molecule has 3 heteroatoms. The van der Waals surface area contributed by atoms with Crippen LogP contribution in [0.1, 0.15) is 65.7 Å². The summed E-state index contributed by atoms with van der Waals surface area (Å²) >= 11 is 0. The molecule has 5 rings (SSSR count). The minimum atomic E-state index is -0.625. The largest absolute Gasteiger partial charge is 0.396 e. The zero-order chi connectivity index (χ0) is 19.0. The van der Waals surface area contributed by atoms with E-state index in [1.165, 1.54) is 37.7 Å². The Morgan fingerprint density at radius 2 is 1.85 bits per heavy atom. The van der Waals surface area contributed by atoms with Gasteiger partial charge in [-0.15, -0.1) is 0 Å². The number of fused-ring (bicyclic) bond motifs is 7. The first kappa shape index (κ1) is 18.4. The van der Waals surface area contributed by atoms with Gasteiger partial charge >= 0.3 is 0 Å². The molecule has 3 fully saturated rings. The Kier molecular flexibility index (Phi) is 4.04. The van der Waals surface area contributed by atoms with Crippen molar-refractivity contribution in [3.63, 3.8) is 0 Å². The van der Waals surface area contributed by atoms with E-state index in [0.717, 1.165) is 12.8 Å². The molecule has 150 valence electrons. The van der Waals surface area contributed by atoms with Crippen molar-refractivity contribution in [2.45, 2.75) is 72.0 Å². The van der Waals surface area contributed by atoms with Gasteiger partial charge in [-0.2, -0.15) is 0 Å². The lowest BCUT2D eigenvalue weighted by atomic mass is 9.42. The molecule has 0 aromatic rings. The smallest absolute Gasteiger partial charge is 0.162 e. The van der Waals surface area contributed by atoms with Crippen molar-refractivity contribution >= 4 is 0 Å².